The first-order chi connectivity index (χ1) is 26.5. The molecule has 3 N–H and O–H groups in total. The van der Waals surface area contributed by atoms with E-state index in [0.29, 0.717) is 19.4 Å². The van der Waals surface area contributed by atoms with Gasteiger partial charge >= 0.3 is 5.97 Å². The molecule has 0 aromatic rings. The number of allylic oxidation sites excluding steroid dienone is 5. The van der Waals surface area contributed by atoms with Crippen LogP contribution in [0, 0.1) is 0 Å². The van der Waals surface area contributed by atoms with Gasteiger partial charge in [-0.3, -0.25) is 9.59 Å². The molecule has 0 bridgehead atoms. The SMILES string of the molecule is CCCCC/C=C\C/C=C\CCCCCCCC(=O)OCCCCCCCCCCCCC(=O)NC(CO)C(O)/C=C/CCCCCCCCCCCC. The molecule has 0 saturated carbocycles. The van der Waals surface area contributed by atoms with Crippen LogP contribution in [0.4, 0.5) is 0 Å². The standard InChI is InChI=1S/C48H89NO5/c1-3-5-7-9-11-13-15-17-18-19-21-26-30-34-38-42-48(53)54-43-39-35-31-27-23-22-25-29-33-37-41-47(52)49-45(44-50)46(51)40-36-32-28-24-20-16-14-12-10-8-6-4-2/h11,13,17-18,36,40,45-46,50-51H,3-10,12,14-16,19-35,37-39,41-44H2,1-2H3,(H,49,52)/b13-11-,18-17-,40-36+. The van der Waals surface area contributed by atoms with Gasteiger partial charge in [-0.05, 0) is 64.2 Å². The summed E-state index contributed by atoms with van der Waals surface area (Å²) < 4.78 is 5.44. The summed E-state index contributed by atoms with van der Waals surface area (Å²) in [5.41, 5.74) is 0. The summed E-state index contributed by atoms with van der Waals surface area (Å²) in [5.74, 6) is -0.130. The third-order valence-corrected chi connectivity index (χ3v) is 10.4. The fraction of sp³-hybridized carbons (Fsp3) is 0.833. The van der Waals surface area contributed by atoms with Gasteiger partial charge in [0.05, 0.1) is 25.4 Å². The van der Waals surface area contributed by atoms with E-state index in [4.69, 9.17) is 4.74 Å². The van der Waals surface area contributed by atoms with E-state index < -0.39 is 12.1 Å². The Bertz CT molecular complexity index is 884. The van der Waals surface area contributed by atoms with E-state index >= 15 is 0 Å². The van der Waals surface area contributed by atoms with Crippen LogP contribution in [0.15, 0.2) is 36.5 Å². The first kappa shape index (κ1) is 52.1. The molecule has 0 aromatic heterocycles. The Morgan fingerprint density at radius 3 is 1.44 bits per heavy atom. The lowest BCUT2D eigenvalue weighted by Crippen LogP contribution is -2.45. The van der Waals surface area contributed by atoms with Gasteiger partial charge < -0.3 is 20.3 Å². The highest BCUT2D eigenvalue weighted by Gasteiger charge is 2.18. The zero-order valence-corrected chi connectivity index (χ0v) is 35.7. The van der Waals surface area contributed by atoms with Gasteiger partial charge in [0.15, 0.2) is 0 Å². The fourth-order valence-corrected chi connectivity index (χ4v) is 6.78. The van der Waals surface area contributed by atoms with Crippen LogP contribution in [-0.4, -0.2) is 47.4 Å². The average molecular weight is 760 g/mol. The van der Waals surface area contributed by atoms with Crippen molar-refractivity contribution in [1.29, 1.82) is 0 Å². The van der Waals surface area contributed by atoms with Crippen molar-refractivity contribution < 1.29 is 24.5 Å². The summed E-state index contributed by atoms with van der Waals surface area (Å²) >= 11 is 0. The molecule has 1 amide bonds. The Morgan fingerprint density at radius 2 is 0.926 bits per heavy atom. The lowest BCUT2D eigenvalue weighted by Gasteiger charge is -2.20. The number of hydrogen-bond acceptors (Lipinski definition) is 5. The molecule has 0 radical (unpaired) electrons. The monoisotopic (exact) mass is 760 g/mol. The van der Waals surface area contributed by atoms with Crippen LogP contribution < -0.4 is 5.32 Å². The Morgan fingerprint density at radius 1 is 0.519 bits per heavy atom. The van der Waals surface area contributed by atoms with Crippen molar-refractivity contribution in [3.63, 3.8) is 0 Å². The number of carbonyl (C=O) groups excluding carboxylic acids is 2. The molecule has 316 valence electrons. The second-order valence-electron chi connectivity index (χ2n) is 15.7. The molecule has 0 spiro atoms. The molecule has 6 heteroatoms. The molecule has 54 heavy (non-hydrogen) atoms. The highest BCUT2D eigenvalue weighted by Crippen LogP contribution is 2.14. The Hall–Kier alpha value is -1.92. The molecular weight excluding hydrogens is 671 g/mol. The maximum atomic E-state index is 12.4. The molecule has 0 aliphatic carbocycles. The van der Waals surface area contributed by atoms with E-state index in [2.05, 4.69) is 43.5 Å². The molecule has 0 aliphatic rings. The summed E-state index contributed by atoms with van der Waals surface area (Å²) in [5, 5.41) is 22.9. The maximum Gasteiger partial charge on any atom is 0.305 e. The number of nitrogens with one attached hydrogen (secondary N) is 1. The average Bonchev–Trinajstić information content (AvgIpc) is 3.17. The van der Waals surface area contributed by atoms with Crippen molar-refractivity contribution >= 4 is 11.9 Å². The number of rotatable bonds is 42. The van der Waals surface area contributed by atoms with Crippen LogP contribution in [0.2, 0.25) is 0 Å². The number of unbranched alkanes of at least 4 members (excludes halogenated alkanes) is 27. The molecule has 0 saturated heterocycles. The smallest absolute Gasteiger partial charge is 0.305 e. The predicted molar refractivity (Wildman–Crippen MR) is 232 cm³/mol. The van der Waals surface area contributed by atoms with Crippen LogP contribution >= 0.6 is 0 Å². The number of carbonyl (C=O) groups is 2. The Balaban J connectivity index is 3.54. The molecule has 0 aromatic carbocycles. The number of aliphatic hydroxyl groups excluding tert-OH is 2. The van der Waals surface area contributed by atoms with E-state index in [0.717, 1.165) is 70.6 Å². The van der Waals surface area contributed by atoms with Crippen LogP contribution in [0.3, 0.4) is 0 Å². The maximum absolute atomic E-state index is 12.4. The second kappa shape index (κ2) is 43.8. The minimum absolute atomic E-state index is 0.0360. The lowest BCUT2D eigenvalue weighted by atomic mass is 10.0. The molecule has 0 aliphatic heterocycles. The molecule has 2 atom stereocenters. The number of ether oxygens (including phenoxy) is 1. The topological polar surface area (TPSA) is 95.9 Å². The van der Waals surface area contributed by atoms with Crippen molar-refractivity contribution in [1.82, 2.24) is 5.32 Å². The van der Waals surface area contributed by atoms with Gasteiger partial charge in [0.2, 0.25) is 5.91 Å². The van der Waals surface area contributed by atoms with Crippen molar-refractivity contribution in [2.75, 3.05) is 13.2 Å². The summed E-state index contributed by atoms with van der Waals surface area (Å²) in [7, 11) is 0. The van der Waals surface area contributed by atoms with Gasteiger partial charge in [0.25, 0.3) is 0 Å². The van der Waals surface area contributed by atoms with E-state index in [1.54, 1.807) is 6.08 Å². The highest BCUT2D eigenvalue weighted by atomic mass is 16.5. The van der Waals surface area contributed by atoms with Gasteiger partial charge in [-0.2, -0.15) is 0 Å². The van der Waals surface area contributed by atoms with E-state index in [-0.39, 0.29) is 18.5 Å². The first-order valence-corrected chi connectivity index (χ1v) is 23.3. The zero-order valence-electron chi connectivity index (χ0n) is 35.7. The van der Waals surface area contributed by atoms with Gasteiger partial charge in [0.1, 0.15) is 0 Å². The second-order valence-corrected chi connectivity index (χ2v) is 15.7. The van der Waals surface area contributed by atoms with Crippen LogP contribution in [0.1, 0.15) is 232 Å². The lowest BCUT2D eigenvalue weighted by molar-refractivity contribution is -0.143. The largest absolute Gasteiger partial charge is 0.466 e. The number of hydrogen-bond donors (Lipinski definition) is 3. The zero-order chi connectivity index (χ0) is 39.4. The Labute approximate surface area is 334 Å². The quantitative estimate of drug-likeness (QED) is 0.0327. The molecule has 0 fully saturated rings. The van der Waals surface area contributed by atoms with Crippen molar-refractivity contribution in [2.24, 2.45) is 0 Å². The summed E-state index contributed by atoms with van der Waals surface area (Å²) in [6.45, 7) is 4.79. The molecule has 6 nitrogen and oxygen atoms in total. The van der Waals surface area contributed by atoms with E-state index in [1.807, 2.05) is 6.08 Å². The normalized spacial score (nSPS) is 13.0. The van der Waals surface area contributed by atoms with Crippen LogP contribution in [-0.2, 0) is 14.3 Å². The minimum Gasteiger partial charge on any atom is -0.466 e. The first-order valence-electron chi connectivity index (χ1n) is 23.3. The van der Waals surface area contributed by atoms with Crippen LogP contribution in [0.5, 0.6) is 0 Å². The fourth-order valence-electron chi connectivity index (χ4n) is 6.78. The Kier molecular flexibility index (Phi) is 42.2. The summed E-state index contributed by atoms with van der Waals surface area (Å²) in [6.07, 6.45) is 51.2. The van der Waals surface area contributed by atoms with Crippen molar-refractivity contribution in [3.05, 3.63) is 36.5 Å². The summed E-state index contributed by atoms with van der Waals surface area (Å²) in [6, 6.07) is -0.644. The third kappa shape index (κ3) is 39.8. The summed E-state index contributed by atoms with van der Waals surface area (Å²) in [4.78, 5) is 24.4. The van der Waals surface area contributed by atoms with Gasteiger partial charge in [-0.25, -0.2) is 0 Å². The van der Waals surface area contributed by atoms with Gasteiger partial charge in [-0.15, -0.1) is 0 Å². The molecule has 2 unspecified atom stereocenters. The van der Waals surface area contributed by atoms with Crippen molar-refractivity contribution in [2.45, 2.75) is 244 Å². The molecular formula is C48H89NO5. The van der Waals surface area contributed by atoms with Crippen LogP contribution in [0.25, 0.3) is 0 Å². The minimum atomic E-state index is -0.858. The van der Waals surface area contributed by atoms with Crippen molar-refractivity contribution in [3.8, 4) is 0 Å². The number of esters is 1. The van der Waals surface area contributed by atoms with E-state index in [9.17, 15) is 19.8 Å². The molecule has 0 rings (SSSR count). The number of amides is 1. The third-order valence-electron chi connectivity index (χ3n) is 10.4. The van der Waals surface area contributed by atoms with E-state index in [1.165, 1.54) is 135 Å². The predicted octanol–water partition coefficient (Wildman–Crippen LogP) is 13.3. The highest BCUT2D eigenvalue weighted by molar-refractivity contribution is 5.76. The van der Waals surface area contributed by atoms with Gasteiger partial charge in [-0.1, -0.05) is 192 Å². The molecule has 0 heterocycles. The van der Waals surface area contributed by atoms with Gasteiger partial charge in [0, 0.05) is 12.8 Å². The number of aliphatic hydroxyl groups is 2.